The maximum absolute atomic E-state index is 9.58. The van der Waals surface area contributed by atoms with Gasteiger partial charge in [-0.15, -0.1) is 0 Å². The molecule has 0 aliphatic heterocycles. The Hall–Kier alpha value is -2.98. The first-order valence-electron chi connectivity index (χ1n) is 8.67. The minimum absolute atomic E-state index is 0.209. The number of aryl methyl sites for hydroxylation is 2. The van der Waals surface area contributed by atoms with Gasteiger partial charge in [-0.05, 0) is 61.9 Å². The fourth-order valence-electron chi connectivity index (χ4n) is 3.24. The standard InChI is InChI=1S/C22H19ClN2O2/c1-14-9-15(2)11-16(10-14)13-27-25-21-12-18(23)5-8-20(21)24-22(25)17-3-6-19(26)7-4-17/h3-12,26H,13H2,1-2H3. The molecule has 0 saturated carbocycles. The van der Waals surface area contributed by atoms with Crippen molar-refractivity contribution >= 4 is 22.6 Å². The molecule has 4 aromatic rings. The molecule has 0 unspecified atom stereocenters. The van der Waals surface area contributed by atoms with Gasteiger partial charge in [0.15, 0.2) is 5.82 Å². The van der Waals surface area contributed by atoms with Crippen LogP contribution in [0.4, 0.5) is 0 Å². The number of hydrogen-bond acceptors (Lipinski definition) is 3. The highest BCUT2D eigenvalue weighted by molar-refractivity contribution is 6.31. The minimum Gasteiger partial charge on any atom is -0.508 e. The van der Waals surface area contributed by atoms with Gasteiger partial charge in [-0.3, -0.25) is 0 Å². The Morgan fingerprint density at radius 2 is 1.67 bits per heavy atom. The largest absolute Gasteiger partial charge is 0.508 e. The second-order valence-electron chi connectivity index (χ2n) is 6.68. The highest BCUT2D eigenvalue weighted by Crippen LogP contribution is 2.27. The molecule has 0 fully saturated rings. The number of aromatic hydroxyl groups is 1. The quantitative estimate of drug-likeness (QED) is 0.523. The molecule has 0 radical (unpaired) electrons. The summed E-state index contributed by atoms with van der Waals surface area (Å²) in [5.41, 5.74) is 5.93. The van der Waals surface area contributed by atoms with Crippen LogP contribution in [-0.4, -0.2) is 14.8 Å². The Bertz CT molecular complexity index is 1100. The van der Waals surface area contributed by atoms with Crippen LogP contribution in [0.1, 0.15) is 16.7 Å². The van der Waals surface area contributed by atoms with Crippen LogP contribution in [0, 0.1) is 13.8 Å². The van der Waals surface area contributed by atoms with Crippen LogP contribution in [0.5, 0.6) is 5.75 Å². The van der Waals surface area contributed by atoms with Gasteiger partial charge < -0.3 is 9.94 Å². The van der Waals surface area contributed by atoms with E-state index in [0.717, 1.165) is 22.2 Å². The summed E-state index contributed by atoms with van der Waals surface area (Å²) in [5, 5.41) is 10.2. The number of nitrogens with zero attached hydrogens (tertiary/aromatic N) is 2. The van der Waals surface area contributed by atoms with Crippen LogP contribution in [0.3, 0.4) is 0 Å². The second-order valence-corrected chi connectivity index (χ2v) is 7.12. The zero-order valence-corrected chi connectivity index (χ0v) is 15.9. The van der Waals surface area contributed by atoms with E-state index in [-0.39, 0.29) is 5.75 Å². The molecule has 0 spiro atoms. The minimum atomic E-state index is 0.209. The number of aromatic nitrogens is 2. The van der Waals surface area contributed by atoms with Gasteiger partial charge in [0.05, 0.1) is 5.52 Å². The summed E-state index contributed by atoms with van der Waals surface area (Å²) in [6, 6.07) is 18.8. The van der Waals surface area contributed by atoms with E-state index in [1.54, 1.807) is 16.9 Å². The molecule has 0 saturated heterocycles. The molecule has 3 aromatic carbocycles. The summed E-state index contributed by atoms with van der Waals surface area (Å²) in [7, 11) is 0. The molecule has 1 N–H and O–H groups in total. The number of fused-ring (bicyclic) bond motifs is 1. The van der Waals surface area contributed by atoms with E-state index in [2.05, 4.69) is 32.0 Å². The predicted molar refractivity (Wildman–Crippen MR) is 108 cm³/mol. The van der Waals surface area contributed by atoms with E-state index in [1.165, 1.54) is 11.1 Å². The van der Waals surface area contributed by atoms with E-state index in [9.17, 15) is 5.11 Å². The highest BCUT2D eigenvalue weighted by atomic mass is 35.5. The third-order valence-corrected chi connectivity index (χ3v) is 4.58. The number of imidazole rings is 1. The van der Waals surface area contributed by atoms with Gasteiger partial charge in [0.1, 0.15) is 17.9 Å². The van der Waals surface area contributed by atoms with Crippen molar-refractivity contribution < 1.29 is 9.94 Å². The van der Waals surface area contributed by atoms with E-state index in [1.807, 2.05) is 30.3 Å². The van der Waals surface area contributed by atoms with Crippen molar-refractivity contribution in [2.45, 2.75) is 20.5 Å². The molecule has 0 amide bonds. The van der Waals surface area contributed by atoms with Gasteiger partial charge in [0.2, 0.25) is 0 Å². The Balaban J connectivity index is 1.78. The van der Waals surface area contributed by atoms with Crippen molar-refractivity contribution in [3.63, 3.8) is 0 Å². The number of phenolic OH excluding ortho intramolecular Hbond substituents is 1. The Kier molecular flexibility index (Phi) is 4.50. The van der Waals surface area contributed by atoms with Crippen LogP contribution in [0.15, 0.2) is 60.7 Å². The third kappa shape index (κ3) is 3.62. The van der Waals surface area contributed by atoms with E-state index < -0.39 is 0 Å². The van der Waals surface area contributed by atoms with Gasteiger partial charge in [0, 0.05) is 10.6 Å². The molecular weight excluding hydrogens is 360 g/mol. The van der Waals surface area contributed by atoms with E-state index >= 15 is 0 Å². The molecule has 0 aliphatic carbocycles. The van der Waals surface area contributed by atoms with Crippen molar-refractivity contribution in [3.05, 3.63) is 82.4 Å². The summed E-state index contributed by atoms with van der Waals surface area (Å²) >= 11 is 6.20. The molecule has 1 heterocycles. The van der Waals surface area contributed by atoms with Gasteiger partial charge in [-0.1, -0.05) is 40.9 Å². The lowest BCUT2D eigenvalue weighted by Crippen LogP contribution is -2.13. The van der Waals surface area contributed by atoms with Gasteiger partial charge >= 0.3 is 0 Å². The smallest absolute Gasteiger partial charge is 0.176 e. The maximum atomic E-state index is 9.58. The average Bonchev–Trinajstić information content (AvgIpc) is 2.97. The summed E-state index contributed by atoms with van der Waals surface area (Å²) in [4.78, 5) is 10.9. The van der Waals surface area contributed by atoms with Gasteiger partial charge in [-0.25, -0.2) is 4.98 Å². The molecule has 0 aliphatic rings. The summed E-state index contributed by atoms with van der Waals surface area (Å²) < 4.78 is 1.71. The molecule has 4 rings (SSSR count). The zero-order valence-electron chi connectivity index (χ0n) is 15.1. The lowest BCUT2D eigenvalue weighted by molar-refractivity contribution is 0.110. The topological polar surface area (TPSA) is 47.3 Å². The van der Waals surface area contributed by atoms with Crippen molar-refractivity contribution in [3.8, 4) is 17.1 Å². The van der Waals surface area contributed by atoms with E-state index in [4.69, 9.17) is 21.4 Å². The molecule has 1 aromatic heterocycles. The van der Waals surface area contributed by atoms with Gasteiger partial charge in [0.25, 0.3) is 0 Å². The zero-order chi connectivity index (χ0) is 19.0. The summed E-state index contributed by atoms with van der Waals surface area (Å²) in [5.74, 6) is 0.872. The van der Waals surface area contributed by atoms with Crippen LogP contribution in [0.25, 0.3) is 22.4 Å². The average molecular weight is 379 g/mol. The van der Waals surface area contributed by atoms with Crippen LogP contribution in [-0.2, 0) is 6.61 Å². The fourth-order valence-corrected chi connectivity index (χ4v) is 3.41. The monoisotopic (exact) mass is 378 g/mol. The molecular formula is C22H19ClN2O2. The molecule has 0 bridgehead atoms. The number of halogens is 1. The molecule has 5 heteroatoms. The molecule has 27 heavy (non-hydrogen) atoms. The van der Waals surface area contributed by atoms with Crippen LogP contribution < -0.4 is 4.84 Å². The SMILES string of the molecule is Cc1cc(C)cc(COn2c(-c3ccc(O)cc3)nc3ccc(Cl)cc32)c1. The fraction of sp³-hybridized carbons (Fsp3) is 0.136. The first-order chi connectivity index (χ1) is 13.0. The van der Waals surface area contributed by atoms with Crippen molar-refractivity contribution in [1.29, 1.82) is 0 Å². The van der Waals surface area contributed by atoms with Crippen LogP contribution >= 0.6 is 11.6 Å². The number of hydrogen-bond donors (Lipinski definition) is 1. The van der Waals surface area contributed by atoms with Crippen LogP contribution in [0.2, 0.25) is 5.02 Å². The summed E-state index contributed by atoms with van der Waals surface area (Å²) in [6.07, 6.45) is 0. The van der Waals surface area contributed by atoms with Crippen molar-refractivity contribution in [1.82, 2.24) is 9.71 Å². The first-order valence-corrected chi connectivity index (χ1v) is 9.05. The number of benzene rings is 3. The number of rotatable bonds is 4. The first kappa shape index (κ1) is 17.4. The Morgan fingerprint density at radius 1 is 0.963 bits per heavy atom. The molecule has 4 nitrogen and oxygen atoms in total. The molecule has 0 atom stereocenters. The van der Waals surface area contributed by atoms with Crippen molar-refractivity contribution in [2.24, 2.45) is 0 Å². The summed E-state index contributed by atoms with van der Waals surface area (Å²) in [6.45, 7) is 4.56. The number of phenols is 1. The second kappa shape index (κ2) is 6.97. The normalized spacial score (nSPS) is 11.1. The van der Waals surface area contributed by atoms with Gasteiger partial charge in [-0.2, -0.15) is 4.73 Å². The lowest BCUT2D eigenvalue weighted by Gasteiger charge is -2.12. The van der Waals surface area contributed by atoms with Crippen molar-refractivity contribution in [2.75, 3.05) is 0 Å². The Labute approximate surface area is 162 Å². The lowest BCUT2D eigenvalue weighted by atomic mass is 10.1. The maximum Gasteiger partial charge on any atom is 0.176 e. The highest BCUT2D eigenvalue weighted by Gasteiger charge is 2.15. The van der Waals surface area contributed by atoms with E-state index in [0.29, 0.717) is 17.5 Å². The Morgan fingerprint density at radius 3 is 2.37 bits per heavy atom. The predicted octanol–water partition coefficient (Wildman–Crippen LogP) is 5.31. The molecule has 136 valence electrons. The third-order valence-electron chi connectivity index (χ3n) is 4.34.